The van der Waals surface area contributed by atoms with Crippen LogP contribution in [-0.2, 0) is 0 Å². The molecule has 0 heterocycles. The van der Waals surface area contributed by atoms with Crippen LogP contribution in [0.2, 0.25) is 0 Å². The maximum absolute atomic E-state index is 11.0. The van der Waals surface area contributed by atoms with Gasteiger partial charge in [0.25, 0.3) is 0 Å². The maximum atomic E-state index is 11.0. The van der Waals surface area contributed by atoms with E-state index in [2.05, 4.69) is 5.32 Å². The van der Waals surface area contributed by atoms with Crippen LogP contribution in [0.3, 0.4) is 0 Å². The number of aryl methyl sites for hydroxylation is 1. The molecule has 2 rings (SSSR count). The average molecular weight is 248 g/mol. The Kier molecular flexibility index (Phi) is 3.75. The first kappa shape index (κ1) is 12.7. The van der Waals surface area contributed by atoms with Gasteiger partial charge in [-0.3, -0.25) is 0 Å². The van der Waals surface area contributed by atoms with Crippen LogP contribution in [-0.4, -0.2) is 17.6 Å². The predicted octanol–water partition coefficient (Wildman–Crippen LogP) is 2.88. The highest BCUT2D eigenvalue weighted by Gasteiger charge is 2.20. The summed E-state index contributed by atoms with van der Waals surface area (Å²) in [5.41, 5.74) is 7.93. The van der Waals surface area contributed by atoms with Gasteiger partial charge in [0.15, 0.2) is 0 Å². The fraction of sp³-hybridized carbons (Fsp3) is 0.500. The van der Waals surface area contributed by atoms with Crippen molar-refractivity contribution in [2.75, 3.05) is 17.6 Å². The van der Waals surface area contributed by atoms with E-state index in [9.17, 15) is 4.79 Å². The average Bonchev–Trinajstić information content (AvgIpc) is 3.12. The molecule has 4 heteroatoms. The molecule has 4 N–H and O–H groups in total. The summed E-state index contributed by atoms with van der Waals surface area (Å²) in [6.45, 7) is 2.72. The number of carboxylic acids is 1. The normalized spacial score (nSPS) is 14.5. The number of carboxylic acid groups (broad SMARTS) is 1. The lowest BCUT2D eigenvalue weighted by atomic mass is 10.1. The summed E-state index contributed by atoms with van der Waals surface area (Å²) in [7, 11) is 0. The number of aromatic carboxylic acids is 1. The van der Waals surface area contributed by atoms with Crippen LogP contribution >= 0.6 is 0 Å². The minimum absolute atomic E-state index is 0.180. The zero-order chi connectivity index (χ0) is 13.1. The molecule has 1 saturated carbocycles. The zero-order valence-corrected chi connectivity index (χ0v) is 10.7. The molecule has 1 aromatic rings. The van der Waals surface area contributed by atoms with Gasteiger partial charge in [-0.05, 0) is 43.4 Å². The standard InChI is InChI=1S/C14H20N2O2/c1-9-7-11(8-12(13(9)15)14(17)18)16-6-2-3-10-4-5-10/h7-8,10,16H,2-6,15H2,1H3,(H,17,18). The highest BCUT2D eigenvalue weighted by Crippen LogP contribution is 2.33. The Morgan fingerprint density at radius 3 is 2.83 bits per heavy atom. The topological polar surface area (TPSA) is 75.3 Å². The summed E-state index contributed by atoms with van der Waals surface area (Å²) in [5.74, 6) is -0.0354. The summed E-state index contributed by atoms with van der Waals surface area (Å²) < 4.78 is 0. The second-order valence-electron chi connectivity index (χ2n) is 5.07. The lowest BCUT2D eigenvalue weighted by Gasteiger charge is -2.11. The number of nitrogen functional groups attached to an aromatic ring is 1. The quantitative estimate of drug-likeness (QED) is 0.534. The molecule has 0 atom stereocenters. The third kappa shape index (κ3) is 3.15. The van der Waals surface area contributed by atoms with Gasteiger partial charge in [0.1, 0.15) is 0 Å². The summed E-state index contributed by atoms with van der Waals surface area (Å²) in [6.07, 6.45) is 5.16. The Bertz CT molecular complexity index is 453. The van der Waals surface area contributed by atoms with E-state index in [1.807, 2.05) is 13.0 Å². The number of carbonyl (C=O) groups is 1. The molecule has 0 aromatic heterocycles. The van der Waals surface area contributed by atoms with Crippen molar-refractivity contribution in [3.05, 3.63) is 23.3 Å². The SMILES string of the molecule is Cc1cc(NCCCC2CC2)cc(C(=O)O)c1N. The summed E-state index contributed by atoms with van der Waals surface area (Å²) in [4.78, 5) is 11.0. The molecule has 0 aliphatic heterocycles. The van der Waals surface area contributed by atoms with Crippen molar-refractivity contribution in [2.24, 2.45) is 5.92 Å². The molecule has 1 aliphatic carbocycles. The third-order valence-electron chi connectivity index (χ3n) is 3.43. The molecule has 1 aromatic carbocycles. The first-order valence-electron chi connectivity index (χ1n) is 6.45. The van der Waals surface area contributed by atoms with Crippen molar-refractivity contribution in [2.45, 2.75) is 32.6 Å². The van der Waals surface area contributed by atoms with Gasteiger partial charge in [0.05, 0.1) is 5.56 Å². The largest absolute Gasteiger partial charge is 0.478 e. The monoisotopic (exact) mass is 248 g/mol. The van der Waals surface area contributed by atoms with Gasteiger partial charge in [-0.25, -0.2) is 4.79 Å². The third-order valence-corrected chi connectivity index (χ3v) is 3.43. The van der Waals surface area contributed by atoms with E-state index in [4.69, 9.17) is 10.8 Å². The van der Waals surface area contributed by atoms with Crippen LogP contribution in [0.15, 0.2) is 12.1 Å². The van der Waals surface area contributed by atoms with Crippen LogP contribution < -0.4 is 11.1 Å². The van der Waals surface area contributed by atoms with Gasteiger partial charge in [-0.15, -0.1) is 0 Å². The van der Waals surface area contributed by atoms with Crippen LogP contribution in [0.25, 0.3) is 0 Å². The van der Waals surface area contributed by atoms with Crippen LogP contribution in [0, 0.1) is 12.8 Å². The van der Waals surface area contributed by atoms with E-state index in [1.54, 1.807) is 6.07 Å². The number of anilines is 2. The highest BCUT2D eigenvalue weighted by molar-refractivity contribution is 5.95. The highest BCUT2D eigenvalue weighted by atomic mass is 16.4. The van der Waals surface area contributed by atoms with E-state index < -0.39 is 5.97 Å². The second-order valence-corrected chi connectivity index (χ2v) is 5.07. The summed E-state index contributed by atoms with van der Waals surface area (Å²) in [5, 5.41) is 12.3. The lowest BCUT2D eigenvalue weighted by Crippen LogP contribution is -2.08. The van der Waals surface area contributed by atoms with Crippen molar-refractivity contribution in [1.29, 1.82) is 0 Å². The molecule has 0 radical (unpaired) electrons. The number of hydrogen-bond donors (Lipinski definition) is 3. The molecule has 0 spiro atoms. The predicted molar refractivity (Wildman–Crippen MR) is 73.0 cm³/mol. The van der Waals surface area contributed by atoms with Crippen LogP contribution in [0.1, 0.15) is 41.6 Å². The van der Waals surface area contributed by atoms with Crippen molar-refractivity contribution in [3.63, 3.8) is 0 Å². The van der Waals surface area contributed by atoms with Crippen molar-refractivity contribution >= 4 is 17.3 Å². The van der Waals surface area contributed by atoms with E-state index in [0.29, 0.717) is 5.69 Å². The Morgan fingerprint density at radius 1 is 1.50 bits per heavy atom. The number of nitrogens with two attached hydrogens (primary N) is 1. The zero-order valence-electron chi connectivity index (χ0n) is 10.7. The molecular weight excluding hydrogens is 228 g/mol. The van der Waals surface area contributed by atoms with Gasteiger partial charge in [0.2, 0.25) is 0 Å². The van der Waals surface area contributed by atoms with Gasteiger partial charge in [0, 0.05) is 17.9 Å². The molecule has 1 aliphatic rings. The molecule has 0 amide bonds. The van der Waals surface area contributed by atoms with Crippen LogP contribution in [0.5, 0.6) is 0 Å². The van der Waals surface area contributed by atoms with Crippen LogP contribution in [0.4, 0.5) is 11.4 Å². The number of hydrogen-bond acceptors (Lipinski definition) is 3. The Labute approximate surface area is 107 Å². The molecule has 0 saturated heterocycles. The van der Waals surface area contributed by atoms with Crippen molar-refractivity contribution in [1.82, 2.24) is 0 Å². The maximum Gasteiger partial charge on any atom is 0.337 e. The minimum atomic E-state index is -0.975. The first-order valence-corrected chi connectivity index (χ1v) is 6.45. The second kappa shape index (κ2) is 5.29. The smallest absolute Gasteiger partial charge is 0.337 e. The van der Waals surface area contributed by atoms with Crippen molar-refractivity contribution in [3.8, 4) is 0 Å². The molecular formula is C14H20N2O2. The van der Waals surface area contributed by atoms with Crippen molar-refractivity contribution < 1.29 is 9.90 Å². The van der Waals surface area contributed by atoms with E-state index in [0.717, 1.165) is 30.1 Å². The molecule has 1 fully saturated rings. The minimum Gasteiger partial charge on any atom is -0.478 e. The number of benzene rings is 1. The Hall–Kier alpha value is -1.71. The lowest BCUT2D eigenvalue weighted by molar-refractivity contribution is 0.0698. The fourth-order valence-electron chi connectivity index (χ4n) is 2.11. The van der Waals surface area contributed by atoms with E-state index in [-0.39, 0.29) is 5.56 Å². The number of rotatable bonds is 6. The Morgan fingerprint density at radius 2 is 2.22 bits per heavy atom. The summed E-state index contributed by atoms with van der Waals surface area (Å²) >= 11 is 0. The molecule has 4 nitrogen and oxygen atoms in total. The number of nitrogens with one attached hydrogen (secondary N) is 1. The molecule has 0 unspecified atom stereocenters. The van der Waals surface area contributed by atoms with E-state index >= 15 is 0 Å². The van der Waals surface area contributed by atoms with Gasteiger partial charge >= 0.3 is 5.97 Å². The first-order chi connectivity index (χ1) is 8.58. The summed E-state index contributed by atoms with van der Waals surface area (Å²) in [6, 6.07) is 3.51. The molecule has 98 valence electrons. The Balaban J connectivity index is 1.96. The van der Waals surface area contributed by atoms with Gasteiger partial charge < -0.3 is 16.2 Å². The van der Waals surface area contributed by atoms with E-state index in [1.165, 1.54) is 19.3 Å². The molecule has 0 bridgehead atoms. The van der Waals surface area contributed by atoms with Gasteiger partial charge in [-0.2, -0.15) is 0 Å². The van der Waals surface area contributed by atoms with Gasteiger partial charge in [-0.1, -0.05) is 12.8 Å². The fourth-order valence-corrected chi connectivity index (χ4v) is 2.11. The molecule has 18 heavy (non-hydrogen) atoms.